The van der Waals surface area contributed by atoms with E-state index in [0.29, 0.717) is 18.4 Å². The summed E-state index contributed by atoms with van der Waals surface area (Å²) in [6.45, 7) is 8.77. The minimum absolute atomic E-state index is 0.324. The Bertz CT molecular complexity index is 424. The molecule has 1 saturated heterocycles. The van der Waals surface area contributed by atoms with Crippen molar-refractivity contribution in [2.45, 2.75) is 39.0 Å². The molecule has 1 aliphatic rings. The first kappa shape index (κ1) is 16.2. The summed E-state index contributed by atoms with van der Waals surface area (Å²) in [5.41, 5.74) is 1.08. The molecule has 2 heterocycles. The number of hydrogen-bond donors (Lipinski definition) is 2. The minimum Gasteiger partial charge on any atom is -0.396 e. The number of nitrogens with zero attached hydrogens (tertiary/aromatic N) is 3. The third kappa shape index (κ3) is 5.25. The molecule has 21 heavy (non-hydrogen) atoms. The SMILES string of the molecule is CC(C)c1ccnc(NCCCN2CCCC(CO)C2)n1. The molecule has 1 aromatic rings. The van der Waals surface area contributed by atoms with Crippen LogP contribution >= 0.6 is 0 Å². The van der Waals surface area contributed by atoms with E-state index in [2.05, 4.69) is 34.0 Å². The lowest BCUT2D eigenvalue weighted by atomic mass is 9.99. The van der Waals surface area contributed by atoms with Gasteiger partial charge in [-0.15, -0.1) is 0 Å². The van der Waals surface area contributed by atoms with Gasteiger partial charge in [0.05, 0.1) is 0 Å². The molecule has 2 rings (SSSR count). The molecular formula is C16H28N4O. The Morgan fingerprint density at radius 3 is 3.10 bits per heavy atom. The van der Waals surface area contributed by atoms with Gasteiger partial charge in [0.1, 0.15) is 0 Å². The van der Waals surface area contributed by atoms with E-state index in [9.17, 15) is 5.11 Å². The maximum Gasteiger partial charge on any atom is 0.222 e. The minimum atomic E-state index is 0.324. The molecule has 1 aromatic heterocycles. The number of piperidine rings is 1. The lowest BCUT2D eigenvalue weighted by Gasteiger charge is -2.31. The van der Waals surface area contributed by atoms with E-state index < -0.39 is 0 Å². The Kier molecular flexibility index (Phi) is 6.39. The van der Waals surface area contributed by atoms with Crippen molar-refractivity contribution in [1.82, 2.24) is 14.9 Å². The number of hydrogen-bond acceptors (Lipinski definition) is 5. The summed E-state index contributed by atoms with van der Waals surface area (Å²) < 4.78 is 0. The number of rotatable bonds is 7. The Balaban J connectivity index is 1.68. The van der Waals surface area contributed by atoms with Gasteiger partial charge in [-0.25, -0.2) is 9.97 Å². The number of aromatic nitrogens is 2. The highest BCUT2D eigenvalue weighted by molar-refractivity contribution is 5.25. The lowest BCUT2D eigenvalue weighted by molar-refractivity contribution is 0.120. The molecule has 0 saturated carbocycles. The van der Waals surface area contributed by atoms with E-state index in [-0.39, 0.29) is 0 Å². The molecule has 2 N–H and O–H groups in total. The second kappa shape index (κ2) is 8.29. The van der Waals surface area contributed by atoms with E-state index in [1.807, 2.05) is 12.3 Å². The van der Waals surface area contributed by atoms with Gasteiger partial charge in [0.25, 0.3) is 0 Å². The average molecular weight is 292 g/mol. The van der Waals surface area contributed by atoms with Crippen molar-refractivity contribution in [3.8, 4) is 0 Å². The normalized spacial score (nSPS) is 19.9. The monoisotopic (exact) mass is 292 g/mol. The fourth-order valence-corrected chi connectivity index (χ4v) is 2.79. The molecule has 0 aliphatic carbocycles. The van der Waals surface area contributed by atoms with Crippen molar-refractivity contribution < 1.29 is 5.11 Å². The van der Waals surface area contributed by atoms with Crippen LogP contribution in [-0.2, 0) is 0 Å². The lowest BCUT2D eigenvalue weighted by Crippen LogP contribution is -2.37. The molecule has 0 bridgehead atoms. The van der Waals surface area contributed by atoms with Crippen molar-refractivity contribution in [1.29, 1.82) is 0 Å². The first-order valence-corrected chi connectivity index (χ1v) is 8.09. The summed E-state index contributed by atoms with van der Waals surface area (Å²) in [5, 5.41) is 12.6. The van der Waals surface area contributed by atoms with Gasteiger partial charge in [0.2, 0.25) is 5.95 Å². The molecule has 0 spiro atoms. The van der Waals surface area contributed by atoms with E-state index in [1.165, 1.54) is 12.8 Å². The Morgan fingerprint density at radius 2 is 2.33 bits per heavy atom. The topological polar surface area (TPSA) is 61.3 Å². The molecule has 0 aromatic carbocycles. The summed E-state index contributed by atoms with van der Waals surface area (Å²) in [4.78, 5) is 11.2. The van der Waals surface area contributed by atoms with Crippen molar-refractivity contribution in [3.05, 3.63) is 18.0 Å². The summed E-state index contributed by atoms with van der Waals surface area (Å²) in [6.07, 6.45) is 5.27. The van der Waals surface area contributed by atoms with Crippen molar-refractivity contribution in [2.24, 2.45) is 5.92 Å². The summed E-state index contributed by atoms with van der Waals surface area (Å²) in [6, 6.07) is 1.97. The molecule has 1 aliphatic heterocycles. The van der Waals surface area contributed by atoms with Gasteiger partial charge in [-0.05, 0) is 50.3 Å². The van der Waals surface area contributed by atoms with Crippen LogP contribution in [0.2, 0.25) is 0 Å². The highest BCUT2D eigenvalue weighted by Gasteiger charge is 2.18. The molecule has 5 nitrogen and oxygen atoms in total. The summed E-state index contributed by atoms with van der Waals surface area (Å²) >= 11 is 0. The van der Waals surface area contributed by atoms with Gasteiger partial charge >= 0.3 is 0 Å². The van der Waals surface area contributed by atoms with Crippen molar-refractivity contribution >= 4 is 5.95 Å². The van der Waals surface area contributed by atoms with Crippen molar-refractivity contribution in [3.63, 3.8) is 0 Å². The maximum atomic E-state index is 9.24. The maximum absolute atomic E-state index is 9.24. The summed E-state index contributed by atoms with van der Waals surface area (Å²) in [7, 11) is 0. The number of aliphatic hydroxyl groups is 1. The van der Waals surface area contributed by atoms with E-state index in [4.69, 9.17) is 0 Å². The molecule has 1 unspecified atom stereocenters. The number of nitrogens with one attached hydrogen (secondary N) is 1. The highest BCUT2D eigenvalue weighted by Crippen LogP contribution is 2.16. The van der Waals surface area contributed by atoms with E-state index in [1.54, 1.807) is 0 Å². The van der Waals surface area contributed by atoms with Crippen LogP contribution in [0, 0.1) is 5.92 Å². The molecule has 1 atom stereocenters. The van der Waals surface area contributed by atoms with Gasteiger partial charge in [-0.3, -0.25) is 0 Å². The van der Waals surface area contributed by atoms with Crippen LogP contribution in [0.15, 0.2) is 12.3 Å². The smallest absolute Gasteiger partial charge is 0.222 e. The van der Waals surface area contributed by atoms with Crippen LogP contribution in [0.1, 0.15) is 44.7 Å². The van der Waals surface area contributed by atoms with E-state index in [0.717, 1.165) is 44.2 Å². The predicted octanol–water partition coefficient (Wildman–Crippen LogP) is 2.11. The predicted molar refractivity (Wildman–Crippen MR) is 85.5 cm³/mol. The van der Waals surface area contributed by atoms with Crippen LogP contribution in [0.5, 0.6) is 0 Å². The molecular weight excluding hydrogens is 264 g/mol. The van der Waals surface area contributed by atoms with E-state index >= 15 is 0 Å². The number of aliphatic hydroxyl groups excluding tert-OH is 1. The van der Waals surface area contributed by atoms with Gasteiger partial charge in [0, 0.05) is 31.6 Å². The van der Waals surface area contributed by atoms with Crippen LogP contribution in [0.4, 0.5) is 5.95 Å². The van der Waals surface area contributed by atoms with Gasteiger partial charge in [-0.1, -0.05) is 13.8 Å². The molecule has 5 heteroatoms. The third-order valence-corrected chi connectivity index (χ3v) is 4.06. The van der Waals surface area contributed by atoms with Crippen LogP contribution in [0.25, 0.3) is 0 Å². The fourth-order valence-electron chi connectivity index (χ4n) is 2.79. The van der Waals surface area contributed by atoms with Gasteiger partial charge in [0.15, 0.2) is 0 Å². The molecule has 0 radical (unpaired) electrons. The second-order valence-corrected chi connectivity index (χ2v) is 6.23. The summed E-state index contributed by atoms with van der Waals surface area (Å²) in [5.74, 6) is 1.63. The third-order valence-electron chi connectivity index (χ3n) is 4.06. The first-order chi connectivity index (χ1) is 10.2. The van der Waals surface area contributed by atoms with Crippen LogP contribution in [0.3, 0.4) is 0 Å². The number of likely N-dealkylation sites (tertiary alicyclic amines) is 1. The average Bonchev–Trinajstić information content (AvgIpc) is 2.52. The fraction of sp³-hybridized carbons (Fsp3) is 0.750. The Morgan fingerprint density at radius 1 is 1.48 bits per heavy atom. The Labute approximate surface area is 127 Å². The molecule has 118 valence electrons. The number of anilines is 1. The zero-order valence-corrected chi connectivity index (χ0v) is 13.3. The quantitative estimate of drug-likeness (QED) is 0.754. The van der Waals surface area contributed by atoms with Crippen LogP contribution < -0.4 is 5.32 Å². The second-order valence-electron chi connectivity index (χ2n) is 6.23. The highest BCUT2D eigenvalue weighted by atomic mass is 16.3. The van der Waals surface area contributed by atoms with Gasteiger partial charge < -0.3 is 15.3 Å². The van der Waals surface area contributed by atoms with Crippen molar-refractivity contribution in [2.75, 3.05) is 38.1 Å². The molecule has 0 amide bonds. The molecule has 1 fully saturated rings. The first-order valence-electron chi connectivity index (χ1n) is 8.09. The van der Waals surface area contributed by atoms with Crippen LogP contribution in [-0.4, -0.2) is 52.8 Å². The standard InChI is InChI=1S/C16H28N4O/c1-13(2)15-6-8-18-16(19-15)17-7-4-10-20-9-3-5-14(11-20)12-21/h6,8,13-14,21H,3-5,7,9-12H2,1-2H3,(H,17,18,19). The largest absolute Gasteiger partial charge is 0.396 e. The Hall–Kier alpha value is -1.20. The zero-order valence-electron chi connectivity index (χ0n) is 13.3. The van der Waals surface area contributed by atoms with Gasteiger partial charge in [-0.2, -0.15) is 0 Å². The zero-order chi connectivity index (χ0) is 15.1.